The minimum absolute atomic E-state index is 0.204. The predicted molar refractivity (Wildman–Crippen MR) is 165 cm³/mol. The van der Waals surface area contributed by atoms with Crippen molar-refractivity contribution >= 4 is 13.6 Å². The van der Waals surface area contributed by atoms with Crippen molar-refractivity contribution in [3.63, 3.8) is 0 Å². The molecule has 1 aromatic heterocycles. The SMILES string of the molecule is CC(C)[C@@H]1CC[C@H](C)[C@H](OP(=O)(O[C@@H]2C[C@H](C(C)C)CC[C@@H]2C)[C@H](OC(=O)COc2ccccc2)c2cccnc2)C1. The first-order valence-electron chi connectivity index (χ1n) is 15.8. The molecule has 7 nitrogen and oxygen atoms in total. The highest BCUT2D eigenvalue weighted by atomic mass is 31.2. The number of carbonyl (C=O) groups is 1. The Morgan fingerprint density at radius 2 is 1.43 bits per heavy atom. The van der Waals surface area contributed by atoms with Gasteiger partial charge in [-0.15, -0.1) is 0 Å². The lowest BCUT2D eigenvalue weighted by atomic mass is 9.76. The molecule has 4 rings (SSSR count). The predicted octanol–water partition coefficient (Wildman–Crippen LogP) is 8.85. The van der Waals surface area contributed by atoms with E-state index in [-0.39, 0.29) is 30.7 Å². The van der Waals surface area contributed by atoms with Crippen LogP contribution >= 0.6 is 7.60 Å². The van der Waals surface area contributed by atoms with Crippen molar-refractivity contribution in [2.75, 3.05) is 6.61 Å². The Hall–Kier alpha value is -2.21. The average molecular weight is 600 g/mol. The van der Waals surface area contributed by atoms with E-state index in [1.165, 1.54) is 0 Å². The molecule has 0 radical (unpaired) electrons. The largest absolute Gasteiger partial charge is 0.482 e. The molecule has 232 valence electrons. The van der Waals surface area contributed by atoms with Crippen LogP contribution in [0.2, 0.25) is 0 Å². The molecular formula is C34H50NO6P. The third-order valence-electron chi connectivity index (χ3n) is 9.38. The van der Waals surface area contributed by atoms with Crippen LogP contribution in [0.4, 0.5) is 0 Å². The Morgan fingerprint density at radius 1 is 0.857 bits per heavy atom. The number of pyridine rings is 1. The lowest BCUT2D eigenvalue weighted by Crippen LogP contribution is -2.35. The summed E-state index contributed by atoms with van der Waals surface area (Å²) >= 11 is 0. The van der Waals surface area contributed by atoms with Crippen molar-refractivity contribution in [3.8, 4) is 5.75 Å². The van der Waals surface area contributed by atoms with E-state index in [1.807, 2.05) is 18.2 Å². The summed E-state index contributed by atoms with van der Waals surface area (Å²) in [4.78, 5) is 17.5. The van der Waals surface area contributed by atoms with Gasteiger partial charge in [0.15, 0.2) is 6.61 Å². The fraction of sp³-hybridized carbons (Fsp3) is 0.647. The molecule has 1 heterocycles. The maximum absolute atomic E-state index is 15.3. The Bertz CT molecular complexity index is 1120. The van der Waals surface area contributed by atoms with Gasteiger partial charge in [0.1, 0.15) is 5.75 Å². The van der Waals surface area contributed by atoms with Gasteiger partial charge >= 0.3 is 13.6 Å². The average Bonchev–Trinajstić information content (AvgIpc) is 2.98. The molecule has 0 unspecified atom stereocenters. The number of hydrogen-bond donors (Lipinski definition) is 0. The van der Waals surface area contributed by atoms with Crippen LogP contribution in [0.25, 0.3) is 0 Å². The molecule has 2 fully saturated rings. The van der Waals surface area contributed by atoms with E-state index in [1.54, 1.807) is 36.7 Å². The van der Waals surface area contributed by atoms with E-state index < -0.39 is 19.4 Å². The molecule has 0 saturated heterocycles. The van der Waals surface area contributed by atoms with E-state index >= 15 is 4.57 Å². The number of nitrogens with zero attached hydrogens (tertiary/aromatic N) is 1. The third kappa shape index (κ3) is 8.67. The fourth-order valence-corrected chi connectivity index (χ4v) is 8.67. The quantitative estimate of drug-likeness (QED) is 0.178. The summed E-state index contributed by atoms with van der Waals surface area (Å²) in [7, 11) is -4.06. The molecule has 2 aliphatic carbocycles. The maximum Gasteiger partial charge on any atom is 0.376 e. The first-order valence-corrected chi connectivity index (χ1v) is 17.4. The Balaban J connectivity index is 1.66. The van der Waals surface area contributed by atoms with E-state index in [0.29, 0.717) is 35.0 Å². The Labute approximate surface area is 252 Å². The second-order valence-corrected chi connectivity index (χ2v) is 15.1. The summed E-state index contributed by atoms with van der Waals surface area (Å²) in [5, 5.41) is 0. The van der Waals surface area contributed by atoms with Crippen LogP contribution in [0.15, 0.2) is 54.9 Å². The van der Waals surface area contributed by atoms with Gasteiger partial charge in [0.2, 0.25) is 5.85 Å². The van der Waals surface area contributed by atoms with Crippen molar-refractivity contribution in [2.45, 2.75) is 98.1 Å². The topological polar surface area (TPSA) is 84.0 Å². The van der Waals surface area contributed by atoms with E-state index in [2.05, 4.69) is 46.5 Å². The Kier molecular flexibility index (Phi) is 11.7. The van der Waals surface area contributed by atoms with Crippen LogP contribution in [0.1, 0.15) is 91.5 Å². The van der Waals surface area contributed by atoms with Crippen molar-refractivity contribution < 1.29 is 27.9 Å². The number of carbonyl (C=O) groups excluding carboxylic acids is 1. The number of benzene rings is 1. The van der Waals surface area contributed by atoms with Crippen LogP contribution in [0.3, 0.4) is 0 Å². The highest BCUT2D eigenvalue weighted by molar-refractivity contribution is 7.54. The summed E-state index contributed by atoms with van der Waals surface area (Å²) in [6, 6.07) is 12.6. The number of aromatic nitrogens is 1. The number of hydrogen-bond acceptors (Lipinski definition) is 7. The lowest BCUT2D eigenvalue weighted by Gasteiger charge is -2.42. The van der Waals surface area contributed by atoms with Crippen molar-refractivity contribution in [2.24, 2.45) is 35.5 Å². The van der Waals surface area contributed by atoms with Gasteiger partial charge < -0.3 is 18.5 Å². The molecule has 0 bridgehead atoms. The lowest BCUT2D eigenvalue weighted by molar-refractivity contribution is -0.149. The first-order chi connectivity index (χ1) is 20.1. The van der Waals surface area contributed by atoms with Crippen LogP contribution < -0.4 is 4.74 Å². The molecule has 2 aliphatic rings. The molecule has 2 aromatic rings. The van der Waals surface area contributed by atoms with Gasteiger partial charge in [-0.1, -0.05) is 65.8 Å². The smallest absolute Gasteiger partial charge is 0.376 e. The van der Waals surface area contributed by atoms with Crippen LogP contribution in [-0.4, -0.2) is 29.8 Å². The summed E-state index contributed by atoms with van der Waals surface area (Å²) < 4.78 is 40.4. The second kappa shape index (κ2) is 15.0. The minimum atomic E-state index is -4.06. The third-order valence-corrected chi connectivity index (χ3v) is 11.5. The van der Waals surface area contributed by atoms with Gasteiger partial charge in [0, 0.05) is 18.0 Å². The minimum Gasteiger partial charge on any atom is -0.482 e. The van der Waals surface area contributed by atoms with E-state index in [9.17, 15) is 4.79 Å². The fourth-order valence-electron chi connectivity index (χ4n) is 6.30. The standard InChI is InChI=1S/C34H50NO6P/c1-23(2)27-16-14-25(5)31(19-27)40-42(37,41-32-20-28(24(3)4)17-15-26(32)6)34(29-11-10-18-35-21-29)39-33(36)22-38-30-12-8-7-9-13-30/h7-13,18,21,23-28,31-32,34H,14-17,19-20,22H2,1-6H3/t25-,26-,27+,28+,31+,32+,34-/m0/s1. The summed E-state index contributed by atoms with van der Waals surface area (Å²) in [6.07, 6.45) is 8.51. The molecule has 0 amide bonds. The molecule has 0 aliphatic heterocycles. The zero-order valence-electron chi connectivity index (χ0n) is 26.2. The Morgan fingerprint density at radius 3 is 1.93 bits per heavy atom. The highest BCUT2D eigenvalue weighted by Crippen LogP contribution is 2.65. The normalized spacial score (nSPS) is 27.5. The van der Waals surface area contributed by atoms with Crippen LogP contribution in [0.5, 0.6) is 5.75 Å². The van der Waals surface area contributed by atoms with Crippen LogP contribution in [0, 0.1) is 35.5 Å². The zero-order chi connectivity index (χ0) is 30.3. The van der Waals surface area contributed by atoms with Gasteiger partial charge in [0.25, 0.3) is 0 Å². The number of para-hydroxylation sites is 1. The van der Waals surface area contributed by atoms with Gasteiger partial charge in [-0.3, -0.25) is 9.55 Å². The van der Waals surface area contributed by atoms with E-state index in [4.69, 9.17) is 18.5 Å². The van der Waals surface area contributed by atoms with Gasteiger partial charge in [-0.05, 0) is 92.2 Å². The van der Waals surface area contributed by atoms with Crippen LogP contribution in [-0.2, 0) is 23.1 Å². The molecule has 1 aromatic carbocycles. The highest BCUT2D eigenvalue weighted by Gasteiger charge is 2.48. The van der Waals surface area contributed by atoms with Crippen molar-refractivity contribution in [1.29, 1.82) is 0 Å². The molecule has 42 heavy (non-hydrogen) atoms. The number of esters is 1. The summed E-state index contributed by atoms with van der Waals surface area (Å²) in [6.45, 7) is 12.9. The monoisotopic (exact) mass is 599 g/mol. The zero-order valence-corrected chi connectivity index (χ0v) is 27.1. The van der Waals surface area contributed by atoms with Gasteiger partial charge in [-0.25, -0.2) is 4.79 Å². The van der Waals surface area contributed by atoms with Crippen molar-refractivity contribution in [3.05, 3.63) is 60.4 Å². The van der Waals surface area contributed by atoms with Gasteiger partial charge in [-0.2, -0.15) is 0 Å². The first kappa shape index (κ1) is 32.7. The number of rotatable bonds is 12. The number of ether oxygens (including phenoxy) is 2. The van der Waals surface area contributed by atoms with E-state index in [0.717, 1.165) is 38.5 Å². The summed E-state index contributed by atoms with van der Waals surface area (Å²) in [5.74, 6) is 0.993. The summed E-state index contributed by atoms with van der Waals surface area (Å²) in [5.41, 5.74) is 0.488. The molecule has 0 N–H and O–H groups in total. The molecule has 7 atom stereocenters. The second-order valence-electron chi connectivity index (χ2n) is 13.1. The maximum atomic E-state index is 15.3. The van der Waals surface area contributed by atoms with Crippen molar-refractivity contribution in [1.82, 2.24) is 4.98 Å². The van der Waals surface area contributed by atoms with Gasteiger partial charge in [0.05, 0.1) is 12.2 Å². The molecule has 0 spiro atoms. The molecule has 2 saturated carbocycles. The molecular weight excluding hydrogens is 549 g/mol. The molecule has 8 heteroatoms.